The molecular weight excluding hydrogens is 174 g/mol. The summed E-state index contributed by atoms with van der Waals surface area (Å²) >= 11 is 0. The first-order valence-electron chi connectivity index (χ1n) is 3.29. The Kier molecular flexibility index (Phi) is 9.09. The minimum Gasteiger partial charge on any atom is -0.459 e. The Morgan fingerprint density at radius 1 is 1.00 bits per heavy atom. The maximum Gasteiger partial charge on any atom is 0.330 e. The van der Waals surface area contributed by atoms with E-state index in [-0.39, 0.29) is 19.4 Å². The summed E-state index contributed by atoms with van der Waals surface area (Å²) in [6.45, 7) is 6.45. The molecular formula is C8H11NO4. The van der Waals surface area contributed by atoms with Crippen LogP contribution in [0, 0.1) is 0 Å². The van der Waals surface area contributed by atoms with Crippen molar-refractivity contribution in [2.75, 3.05) is 13.2 Å². The molecule has 0 saturated carbocycles. The molecule has 0 unspecified atom stereocenters. The number of carbonyl (C=O) groups excluding carboxylic acids is 2. The lowest BCUT2D eigenvalue weighted by atomic mass is 10.6. The largest absolute Gasteiger partial charge is 0.459 e. The normalized spacial score (nSPS) is 7.69. The number of hydrogen-bond acceptors (Lipinski definition) is 4. The van der Waals surface area contributed by atoms with Gasteiger partial charge >= 0.3 is 11.9 Å². The molecule has 0 aromatic rings. The Labute approximate surface area is 76.6 Å². The summed E-state index contributed by atoms with van der Waals surface area (Å²) in [7, 11) is 0. The van der Waals surface area contributed by atoms with Crippen LogP contribution in [-0.2, 0) is 19.1 Å². The van der Waals surface area contributed by atoms with Crippen LogP contribution in [0.25, 0.3) is 0 Å². The minimum atomic E-state index is -0.537. The zero-order chi connectivity index (χ0) is 9.40. The molecule has 0 spiro atoms. The molecule has 0 aliphatic carbocycles. The molecule has 72 valence electrons. The van der Waals surface area contributed by atoms with Crippen LogP contribution in [0.5, 0.6) is 0 Å². The average molecular weight is 185 g/mol. The van der Waals surface area contributed by atoms with E-state index in [9.17, 15) is 9.59 Å². The molecule has 5 nitrogen and oxygen atoms in total. The number of ether oxygens (including phenoxy) is 2. The molecule has 0 heterocycles. The number of esters is 2. The van der Waals surface area contributed by atoms with Gasteiger partial charge in [0.1, 0.15) is 13.2 Å². The van der Waals surface area contributed by atoms with Crippen LogP contribution >= 0.6 is 0 Å². The second-order valence-corrected chi connectivity index (χ2v) is 1.74. The minimum absolute atomic E-state index is 0. The molecule has 0 aliphatic rings. The van der Waals surface area contributed by atoms with Gasteiger partial charge in [0, 0.05) is 12.2 Å². The van der Waals surface area contributed by atoms with Gasteiger partial charge in [-0.1, -0.05) is 13.2 Å². The lowest BCUT2D eigenvalue weighted by Crippen LogP contribution is -2.10. The summed E-state index contributed by atoms with van der Waals surface area (Å²) in [5, 5.41) is 0. The second-order valence-electron chi connectivity index (χ2n) is 1.74. The molecule has 0 rings (SSSR count). The second kappa shape index (κ2) is 8.48. The average Bonchev–Trinajstić information content (AvgIpc) is 2.11. The standard InChI is InChI=1S/C8H10O4.HN/c1-3-7(9)11-5-6-12-8(10)4-2;/h3-4H,1-2,5-6H2;1H. The lowest BCUT2D eigenvalue weighted by molar-refractivity contribution is -0.146. The van der Waals surface area contributed by atoms with Crippen LogP contribution in [0.3, 0.4) is 0 Å². The molecule has 0 aromatic heterocycles. The van der Waals surface area contributed by atoms with Crippen molar-refractivity contribution in [2.45, 2.75) is 0 Å². The van der Waals surface area contributed by atoms with Crippen LogP contribution in [0.2, 0.25) is 0 Å². The van der Waals surface area contributed by atoms with Crippen LogP contribution in [-0.4, -0.2) is 25.2 Å². The van der Waals surface area contributed by atoms with E-state index in [4.69, 9.17) is 0 Å². The summed E-state index contributed by atoms with van der Waals surface area (Å²) in [4.78, 5) is 20.9. The third kappa shape index (κ3) is 8.28. The van der Waals surface area contributed by atoms with Gasteiger partial charge in [0.25, 0.3) is 0 Å². The van der Waals surface area contributed by atoms with Crippen molar-refractivity contribution in [1.29, 1.82) is 0 Å². The molecule has 0 aromatic carbocycles. The van der Waals surface area contributed by atoms with Crippen molar-refractivity contribution in [3.8, 4) is 0 Å². The van der Waals surface area contributed by atoms with E-state index in [2.05, 4.69) is 22.6 Å². The van der Waals surface area contributed by atoms with Crippen LogP contribution in [0.4, 0.5) is 0 Å². The van der Waals surface area contributed by atoms with E-state index in [1.54, 1.807) is 0 Å². The Morgan fingerprint density at radius 3 is 1.54 bits per heavy atom. The SMILES string of the molecule is C=CC(=O)OCCOC(=O)C=C.[NH]. The van der Waals surface area contributed by atoms with Gasteiger partial charge in [0.05, 0.1) is 0 Å². The predicted octanol–water partition coefficient (Wildman–Crippen LogP) is 0.178. The van der Waals surface area contributed by atoms with Crippen LogP contribution in [0.15, 0.2) is 25.3 Å². The molecule has 0 bridgehead atoms. The fraction of sp³-hybridized carbons (Fsp3) is 0.250. The van der Waals surface area contributed by atoms with E-state index in [0.29, 0.717) is 0 Å². The highest BCUT2D eigenvalue weighted by Crippen LogP contribution is 1.82. The Morgan fingerprint density at radius 2 is 1.31 bits per heavy atom. The molecule has 0 fully saturated rings. The monoisotopic (exact) mass is 185 g/mol. The Bertz CT molecular complexity index is 178. The molecule has 0 atom stereocenters. The van der Waals surface area contributed by atoms with Gasteiger partial charge in [-0.15, -0.1) is 0 Å². The Hall–Kier alpha value is -1.62. The van der Waals surface area contributed by atoms with Gasteiger partial charge in [-0.2, -0.15) is 6.15 Å². The zero-order valence-corrected chi connectivity index (χ0v) is 7.12. The maximum atomic E-state index is 10.4. The van der Waals surface area contributed by atoms with Gasteiger partial charge in [0.2, 0.25) is 0 Å². The van der Waals surface area contributed by atoms with Gasteiger partial charge in [-0.25, -0.2) is 9.59 Å². The summed E-state index contributed by atoms with van der Waals surface area (Å²) < 4.78 is 9.04. The fourth-order valence-electron chi connectivity index (χ4n) is 0.402. The van der Waals surface area contributed by atoms with E-state index in [0.717, 1.165) is 12.2 Å². The number of nitrogens with one attached hydrogen (secondary N) is 1. The third-order valence-electron chi connectivity index (χ3n) is 0.905. The van der Waals surface area contributed by atoms with Crippen molar-refractivity contribution in [3.63, 3.8) is 0 Å². The first-order chi connectivity index (χ1) is 5.70. The zero-order valence-electron chi connectivity index (χ0n) is 7.12. The van der Waals surface area contributed by atoms with Crippen molar-refractivity contribution < 1.29 is 19.1 Å². The highest BCUT2D eigenvalue weighted by molar-refractivity contribution is 5.81. The summed E-state index contributed by atoms with van der Waals surface area (Å²) in [5.41, 5.74) is 0. The lowest BCUT2D eigenvalue weighted by Gasteiger charge is -2.01. The predicted molar refractivity (Wildman–Crippen MR) is 45.4 cm³/mol. The van der Waals surface area contributed by atoms with Crippen molar-refractivity contribution in [3.05, 3.63) is 25.3 Å². The topological polar surface area (TPSA) is 84.6 Å². The molecule has 0 aliphatic heterocycles. The quantitative estimate of drug-likeness (QED) is 0.347. The van der Waals surface area contributed by atoms with Crippen molar-refractivity contribution >= 4 is 11.9 Å². The molecule has 0 saturated heterocycles. The first kappa shape index (κ1) is 13.9. The van der Waals surface area contributed by atoms with E-state index >= 15 is 0 Å². The summed E-state index contributed by atoms with van der Waals surface area (Å²) in [6, 6.07) is 0. The number of hydrogen-bond donors (Lipinski definition) is 0. The summed E-state index contributed by atoms with van der Waals surface area (Å²) in [5.74, 6) is -1.07. The van der Waals surface area contributed by atoms with E-state index < -0.39 is 11.9 Å². The fourth-order valence-corrected chi connectivity index (χ4v) is 0.402. The van der Waals surface area contributed by atoms with E-state index in [1.165, 1.54) is 0 Å². The number of rotatable bonds is 5. The van der Waals surface area contributed by atoms with E-state index in [1.807, 2.05) is 0 Å². The van der Waals surface area contributed by atoms with Crippen molar-refractivity contribution in [1.82, 2.24) is 6.15 Å². The smallest absolute Gasteiger partial charge is 0.330 e. The van der Waals surface area contributed by atoms with Gasteiger partial charge in [-0.05, 0) is 0 Å². The molecule has 2 radical (unpaired) electrons. The highest BCUT2D eigenvalue weighted by atomic mass is 16.6. The number of carbonyl (C=O) groups is 2. The van der Waals surface area contributed by atoms with Crippen LogP contribution < -0.4 is 6.15 Å². The van der Waals surface area contributed by atoms with Crippen LogP contribution in [0.1, 0.15) is 0 Å². The van der Waals surface area contributed by atoms with Gasteiger partial charge in [-0.3, -0.25) is 0 Å². The Balaban J connectivity index is 0. The molecule has 13 heavy (non-hydrogen) atoms. The maximum absolute atomic E-state index is 10.4. The van der Waals surface area contributed by atoms with Gasteiger partial charge < -0.3 is 9.47 Å². The third-order valence-corrected chi connectivity index (χ3v) is 0.905. The summed E-state index contributed by atoms with van der Waals surface area (Å²) in [6.07, 6.45) is 2.07. The molecule has 5 heteroatoms. The van der Waals surface area contributed by atoms with Crippen molar-refractivity contribution in [2.24, 2.45) is 0 Å². The molecule has 1 N–H and O–H groups in total. The van der Waals surface area contributed by atoms with Gasteiger partial charge in [0.15, 0.2) is 0 Å². The highest BCUT2D eigenvalue weighted by Gasteiger charge is 1.97. The molecule has 0 amide bonds. The first-order valence-corrected chi connectivity index (χ1v) is 3.29.